The first kappa shape index (κ1) is 12.8. The van der Waals surface area contributed by atoms with Crippen LogP contribution in [0.3, 0.4) is 0 Å². The number of benzene rings is 1. The standard InChI is InChI=1S/C14H16BrN3O/c1-10-4-11(15)6-12(5-10)18-9-17-7-13(18)14-8-16-2-3-19-14/h4-7,9,14,16H,2-3,8H2,1H3. The largest absolute Gasteiger partial charge is 0.369 e. The smallest absolute Gasteiger partial charge is 0.112 e. The average molecular weight is 322 g/mol. The van der Waals surface area contributed by atoms with Gasteiger partial charge < -0.3 is 14.6 Å². The maximum absolute atomic E-state index is 5.81. The number of nitrogens with zero attached hydrogens (tertiary/aromatic N) is 2. The lowest BCUT2D eigenvalue weighted by atomic mass is 10.2. The molecular weight excluding hydrogens is 306 g/mol. The fraction of sp³-hybridized carbons (Fsp3) is 0.357. The number of imidazole rings is 1. The normalized spacial score (nSPS) is 19.6. The number of hydrogen-bond donors (Lipinski definition) is 1. The van der Waals surface area contributed by atoms with E-state index in [-0.39, 0.29) is 6.10 Å². The number of rotatable bonds is 2. The molecule has 1 aliphatic heterocycles. The zero-order valence-corrected chi connectivity index (χ0v) is 12.4. The highest BCUT2D eigenvalue weighted by atomic mass is 79.9. The predicted octanol–water partition coefficient (Wildman–Crippen LogP) is 2.60. The van der Waals surface area contributed by atoms with Crippen molar-refractivity contribution in [2.75, 3.05) is 19.7 Å². The van der Waals surface area contributed by atoms with Crippen molar-refractivity contribution in [3.63, 3.8) is 0 Å². The zero-order valence-electron chi connectivity index (χ0n) is 10.8. The van der Waals surface area contributed by atoms with Crippen LogP contribution in [0, 0.1) is 6.92 Å². The number of ether oxygens (including phenoxy) is 1. The Labute approximate surface area is 120 Å². The molecule has 1 atom stereocenters. The molecule has 100 valence electrons. The molecule has 0 spiro atoms. The van der Waals surface area contributed by atoms with Gasteiger partial charge >= 0.3 is 0 Å². The number of halogens is 1. The van der Waals surface area contributed by atoms with E-state index in [0.29, 0.717) is 0 Å². The van der Waals surface area contributed by atoms with Crippen molar-refractivity contribution in [2.45, 2.75) is 13.0 Å². The predicted molar refractivity (Wildman–Crippen MR) is 77.6 cm³/mol. The van der Waals surface area contributed by atoms with E-state index >= 15 is 0 Å². The number of nitrogens with one attached hydrogen (secondary N) is 1. The molecule has 19 heavy (non-hydrogen) atoms. The third-order valence-corrected chi connectivity index (χ3v) is 3.69. The summed E-state index contributed by atoms with van der Waals surface area (Å²) in [6, 6.07) is 6.33. The van der Waals surface area contributed by atoms with E-state index in [9.17, 15) is 0 Å². The molecule has 2 aromatic rings. The molecule has 5 heteroatoms. The SMILES string of the molecule is Cc1cc(Br)cc(-n2cncc2C2CNCCO2)c1. The van der Waals surface area contributed by atoms with Crippen LogP contribution in [0.2, 0.25) is 0 Å². The number of aryl methyl sites for hydroxylation is 1. The number of aromatic nitrogens is 2. The molecule has 1 aliphatic rings. The van der Waals surface area contributed by atoms with Crippen molar-refractivity contribution in [3.8, 4) is 5.69 Å². The molecule has 4 nitrogen and oxygen atoms in total. The highest BCUT2D eigenvalue weighted by Gasteiger charge is 2.20. The molecule has 1 aromatic heterocycles. The van der Waals surface area contributed by atoms with Crippen LogP contribution in [0.25, 0.3) is 5.69 Å². The summed E-state index contributed by atoms with van der Waals surface area (Å²) >= 11 is 3.54. The monoisotopic (exact) mass is 321 g/mol. The van der Waals surface area contributed by atoms with E-state index in [2.05, 4.69) is 55.9 Å². The van der Waals surface area contributed by atoms with Crippen LogP contribution >= 0.6 is 15.9 Å². The quantitative estimate of drug-likeness (QED) is 0.924. The lowest BCUT2D eigenvalue weighted by Gasteiger charge is -2.24. The van der Waals surface area contributed by atoms with Gasteiger partial charge in [-0.25, -0.2) is 4.98 Å². The molecular formula is C14H16BrN3O. The third-order valence-electron chi connectivity index (χ3n) is 3.23. The van der Waals surface area contributed by atoms with E-state index in [1.165, 1.54) is 5.56 Å². The lowest BCUT2D eigenvalue weighted by Crippen LogP contribution is -2.34. The first-order valence-electron chi connectivity index (χ1n) is 6.36. The molecule has 0 aliphatic carbocycles. The second-order valence-electron chi connectivity index (χ2n) is 4.74. The molecule has 0 amide bonds. The molecule has 0 radical (unpaired) electrons. The first-order chi connectivity index (χ1) is 9.24. The van der Waals surface area contributed by atoms with Crippen LogP contribution in [-0.4, -0.2) is 29.2 Å². The van der Waals surface area contributed by atoms with Crippen LogP contribution in [0.5, 0.6) is 0 Å². The second kappa shape index (κ2) is 5.45. The fourth-order valence-corrected chi connectivity index (χ4v) is 2.97. The van der Waals surface area contributed by atoms with Crippen LogP contribution < -0.4 is 5.32 Å². The summed E-state index contributed by atoms with van der Waals surface area (Å²) in [5.41, 5.74) is 3.41. The Morgan fingerprint density at radius 3 is 3.05 bits per heavy atom. The van der Waals surface area contributed by atoms with Gasteiger partial charge in [-0.2, -0.15) is 0 Å². The first-order valence-corrected chi connectivity index (χ1v) is 7.15. The maximum Gasteiger partial charge on any atom is 0.112 e. The van der Waals surface area contributed by atoms with Crippen molar-refractivity contribution in [2.24, 2.45) is 0 Å². The summed E-state index contributed by atoms with van der Waals surface area (Å²) in [5.74, 6) is 0. The number of morpholine rings is 1. The Morgan fingerprint density at radius 2 is 2.32 bits per heavy atom. The van der Waals surface area contributed by atoms with Crippen molar-refractivity contribution in [1.29, 1.82) is 0 Å². The Hall–Kier alpha value is -1.17. The molecule has 0 saturated carbocycles. The zero-order chi connectivity index (χ0) is 13.2. The Morgan fingerprint density at radius 1 is 1.42 bits per heavy atom. The topological polar surface area (TPSA) is 39.1 Å². The van der Waals surface area contributed by atoms with Gasteiger partial charge in [0.15, 0.2) is 0 Å². The summed E-state index contributed by atoms with van der Waals surface area (Å²) in [5, 5.41) is 3.35. The molecule has 2 heterocycles. The van der Waals surface area contributed by atoms with Crippen LogP contribution in [0.1, 0.15) is 17.4 Å². The van der Waals surface area contributed by atoms with Crippen molar-refractivity contribution in [3.05, 3.63) is 46.5 Å². The van der Waals surface area contributed by atoms with Gasteiger partial charge in [-0.15, -0.1) is 0 Å². The van der Waals surface area contributed by atoms with Gasteiger partial charge in [0, 0.05) is 23.2 Å². The average Bonchev–Trinajstić information content (AvgIpc) is 2.88. The van der Waals surface area contributed by atoms with Gasteiger partial charge in [0.25, 0.3) is 0 Å². The molecule has 1 fully saturated rings. The molecule has 1 N–H and O–H groups in total. The minimum atomic E-state index is 0.0653. The molecule has 1 saturated heterocycles. The Bertz CT molecular complexity index is 556. The van der Waals surface area contributed by atoms with Gasteiger partial charge in [0.05, 0.1) is 24.8 Å². The van der Waals surface area contributed by atoms with Gasteiger partial charge in [-0.1, -0.05) is 15.9 Å². The van der Waals surface area contributed by atoms with E-state index in [1.54, 1.807) is 0 Å². The third kappa shape index (κ3) is 2.73. The summed E-state index contributed by atoms with van der Waals surface area (Å²) in [7, 11) is 0. The summed E-state index contributed by atoms with van der Waals surface area (Å²) in [4.78, 5) is 4.27. The minimum absolute atomic E-state index is 0.0653. The van der Waals surface area contributed by atoms with E-state index < -0.39 is 0 Å². The van der Waals surface area contributed by atoms with E-state index in [0.717, 1.165) is 35.6 Å². The Balaban J connectivity index is 1.98. The Kier molecular flexibility index (Phi) is 3.68. The maximum atomic E-state index is 5.81. The minimum Gasteiger partial charge on any atom is -0.369 e. The van der Waals surface area contributed by atoms with Crippen LogP contribution in [0.4, 0.5) is 0 Å². The lowest BCUT2D eigenvalue weighted by molar-refractivity contribution is 0.0240. The second-order valence-corrected chi connectivity index (χ2v) is 5.65. The molecule has 1 unspecified atom stereocenters. The van der Waals surface area contributed by atoms with Crippen molar-refractivity contribution >= 4 is 15.9 Å². The molecule has 3 rings (SSSR count). The highest BCUT2D eigenvalue weighted by molar-refractivity contribution is 9.10. The summed E-state index contributed by atoms with van der Waals surface area (Å²) < 4.78 is 8.98. The molecule has 1 aromatic carbocycles. The van der Waals surface area contributed by atoms with Gasteiger partial charge in [-0.05, 0) is 30.7 Å². The van der Waals surface area contributed by atoms with Gasteiger partial charge in [0.1, 0.15) is 6.10 Å². The van der Waals surface area contributed by atoms with E-state index in [1.807, 2.05) is 12.5 Å². The van der Waals surface area contributed by atoms with Gasteiger partial charge in [-0.3, -0.25) is 0 Å². The summed E-state index contributed by atoms with van der Waals surface area (Å²) in [6.45, 7) is 4.58. The van der Waals surface area contributed by atoms with Crippen molar-refractivity contribution in [1.82, 2.24) is 14.9 Å². The van der Waals surface area contributed by atoms with E-state index in [4.69, 9.17) is 4.74 Å². The highest BCUT2D eigenvalue weighted by Crippen LogP contribution is 2.24. The van der Waals surface area contributed by atoms with Crippen LogP contribution in [-0.2, 0) is 4.74 Å². The summed E-state index contributed by atoms with van der Waals surface area (Å²) in [6.07, 6.45) is 3.79. The number of hydrogen-bond acceptors (Lipinski definition) is 3. The fourth-order valence-electron chi connectivity index (χ4n) is 2.37. The van der Waals surface area contributed by atoms with Crippen LogP contribution in [0.15, 0.2) is 35.2 Å². The van der Waals surface area contributed by atoms with Gasteiger partial charge in [0.2, 0.25) is 0 Å². The molecule has 0 bridgehead atoms. The van der Waals surface area contributed by atoms with Crippen molar-refractivity contribution < 1.29 is 4.74 Å².